The van der Waals surface area contributed by atoms with Gasteiger partial charge in [-0.25, -0.2) is 13.8 Å². The summed E-state index contributed by atoms with van der Waals surface area (Å²) < 4.78 is 21.8. The Bertz CT molecular complexity index is 1570. The zero-order valence-electron chi connectivity index (χ0n) is 26.9. The minimum Gasteiger partial charge on any atom is -0.381 e. The lowest BCUT2D eigenvalue weighted by Crippen LogP contribution is -2.43. The van der Waals surface area contributed by atoms with Crippen LogP contribution in [0.15, 0.2) is 35.3 Å². The van der Waals surface area contributed by atoms with E-state index in [9.17, 15) is 9.59 Å². The smallest absolute Gasteiger partial charge is 0.268 e. The van der Waals surface area contributed by atoms with Crippen LogP contribution >= 0.6 is 11.8 Å². The number of H-pyrrole nitrogens is 1. The number of ether oxygens (including phenoxy) is 1. The number of pyridine rings is 2. The van der Waals surface area contributed by atoms with Gasteiger partial charge in [0.2, 0.25) is 0 Å². The predicted octanol–water partition coefficient (Wildman–Crippen LogP) is 5.53. The van der Waals surface area contributed by atoms with Crippen molar-refractivity contribution in [2.45, 2.75) is 66.0 Å². The number of amides is 1. The van der Waals surface area contributed by atoms with E-state index in [-0.39, 0.29) is 35.3 Å². The van der Waals surface area contributed by atoms with Crippen LogP contribution in [-0.2, 0) is 11.3 Å². The number of aryl methyl sites for hydroxylation is 1. The second-order valence-corrected chi connectivity index (χ2v) is 12.6. The summed E-state index contributed by atoms with van der Waals surface area (Å²) in [5, 5.41) is 3.37. The summed E-state index contributed by atoms with van der Waals surface area (Å²) in [7, 11) is 0. The fraction of sp³-hybridized carbons (Fsp3) is 0.500. The zero-order chi connectivity index (χ0) is 32.2. The van der Waals surface area contributed by atoms with E-state index in [1.54, 1.807) is 0 Å². The van der Waals surface area contributed by atoms with Crippen LogP contribution in [0.3, 0.4) is 0 Å². The molecular formula is C34H44ClFN6O3. The lowest BCUT2D eigenvalue weighted by Gasteiger charge is -2.37. The van der Waals surface area contributed by atoms with Gasteiger partial charge in [0.1, 0.15) is 11.6 Å². The van der Waals surface area contributed by atoms with E-state index in [1.165, 1.54) is 6.92 Å². The summed E-state index contributed by atoms with van der Waals surface area (Å²) in [5.41, 5.74) is 4.02. The van der Waals surface area contributed by atoms with Crippen LogP contribution in [0.5, 0.6) is 0 Å². The molecule has 0 aliphatic carbocycles. The highest BCUT2D eigenvalue weighted by Crippen LogP contribution is 2.35. The van der Waals surface area contributed by atoms with Gasteiger partial charge in [0, 0.05) is 97.9 Å². The molecule has 2 aliphatic rings. The molecule has 2 aromatic heterocycles. The highest BCUT2D eigenvalue weighted by Gasteiger charge is 2.28. The van der Waals surface area contributed by atoms with Gasteiger partial charge in [0.25, 0.3) is 11.5 Å². The van der Waals surface area contributed by atoms with Crippen LogP contribution in [-0.4, -0.2) is 72.3 Å². The van der Waals surface area contributed by atoms with Crippen molar-refractivity contribution in [2.24, 2.45) is 0 Å². The van der Waals surface area contributed by atoms with Crippen molar-refractivity contribution >= 4 is 29.2 Å². The average Bonchev–Trinajstić information content (AvgIpc) is 3.05. The van der Waals surface area contributed by atoms with E-state index >= 15 is 4.39 Å². The quantitative estimate of drug-likeness (QED) is 0.298. The summed E-state index contributed by atoms with van der Waals surface area (Å²) in [4.78, 5) is 39.0. The van der Waals surface area contributed by atoms with Crippen molar-refractivity contribution in [3.63, 3.8) is 0 Å². The molecule has 5 rings (SSSR count). The first-order valence-electron chi connectivity index (χ1n) is 15.9. The minimum atomic E-state index is -0.482. The largest absolute Gasteiger partial charge is 0.381 e. The standard InChI is InChI=1S/C34H44ClFN6O3/c1-6-41(26-9-15-45-16-10-26)29-18-25(24-7-8-30(38-19-24)40-13-11-37-12-14-40)17-27(22(29)4)34(44)42(35)20-28-31(21(2)3)32(36)23(5)39-33(28)43/h7-8,17-19,21,26,37H,6,9-16,20H2,1-5H3,(H,39,43). The lowest BCUT2D eigenvalue weighted by atomic mass is 9.95. The normalized spacial score (nSPS) is 15.9. The topological polar surface area (TPSA) is 93.8 Å². The van der Waals surface area contributed by atoms with E-state index in [1.807, 2.05) is 45.2 Å². The first-order chi connectivity index (χ1) is 21.6. The van der Waals surface area contributed by atoms with E-state index in [2.05, 4.69) is 33.1 Å². The number of anilines is 2. The summed E-state index contributed by atoms with van der Waals surface area (Å²) in [6.07, 6.45) is 3.64. The molecule has 11 heteroatoms. The molecule has 45 heavy (non-hydrogen) atoms. The Kier molecular flexibility index (Phi) is 10.5. The van der Waals surface area contributed by atoms with Crippen molar-refractivity contribution in [1.82, 2.24) is 19.7 Å². The second-order valence-electron chi connectivity index (χ2n) is 12.2. The lowest BCUT2D eigenvalue weighted by molar-refractivity contribution is 0.0842. The van der Waals surface area contributed by atoms with E-state index < -0.39 is 17.3 Å². The van der Waals surface area contributed by atoms with Crippen molar-refractivity contribution < 1.29 is 13.9 Å². The molecule has 0 bridgehead atoms. The number of carbonyl (C=O) groups excluding carboxylic acids is 1. The zero-order valence-corrected chi connectivity index (χ0v) is 27.6. The Hall–Kier alpha value is -3.47. The molecule has 242 valence electrons. The Morgan fingerprint density at radius 1 is 1.16 bits per heavy atom. The number of aromatic nitrogens is 2. The second kappa shape index (κ2) is 14.3. The van der Waals surface area contributed by atoms with Crippen LogP contribution in [0, 0.1) is 19.7 Å². The Morgan fingerprint density at radius 2 is 1.87 bits per heavy atom. The Labute approximate surface area is 269 Å². The summed E-state index contributed by atoms with van der Waals surface area (Å²) in [6, 6.07) is 8.31. The molecule has 2 N–H and O–H groups in total. The van der Waals surface area contributed by atoms with Gasteiger partial charge in [-0.05, 0) is 74.9 Å². The fourth-order valence-corrected chi connectivity index (χ4v) is 6.71. The van der Waals surface area contributed by atoms with Gasteiger partial charge in [-0.1, -0.05) is 13.8 Å². The third-order valence-electron chi connectivity index (χ3n) is 8.98. The minimum absolute atomic E-state index is 0.149. The molecule has 0 radical (unpaired) electrons. The molecule has 0 atom stereocenters. The molecule has 1 amide bonds. The number of hydrogen-bond donors (Lipinski definition) is 2. The van der Waals surface area contributed by atoms with Gasteiger partial charge in [-0.15, -0.1) is 0 Å². The van der Waals surface area contributed by atoms with Gasteiger partial charge in [-0.3, -0.25) is 9.59 Å². The number of rotatable bonds is 9. The molecule has 1 aromatic carbocycles. The summed E-state index contributed by atoms with van der Waals surface area (Å²) in [5.74, 6) is -0.290. The maximum absolute atomic E-state index is 15.1. The molecule has 0 spiro atoms. The number of piperazine rings is 1. The van der Waals surface area contributed by atoms with Gasteiger partial charge < -0.3 is 24.8 Å². The first kappa shape index (κ1) is 32.9. The van der Waals surface area contributed by atoms with Crippen LogP contribution < -0.4 is 20.7 Å². The van der Waals surface area contributed by atoms with Crippen molar-refractivity contribution in [1.29, 1.82) is 0 Å². The highest BCUT2D eigenvalue weighted by molar-refractivity contribution is 6.24. The number of carbonyl (C=O) groups is 1. The molecule has 4 heterocycles. The predicted molar refractivity (Wildman–Crippen MR) is 178 cm³/mol. The SMILES string of the molecule is CCN(c1cc(-c2ccc(N3CCNCC3)nc2)cc(C(=O)N(Cl)Cc2c(C(C)C)c(F)c(C)[nH]c2=O)c1C)C1CCOCC1. The number of benzene rings is 1. The van der Waals surface area contributed by atoms with Crippen LogP contribution in [0.1, 0.15) is 72.3 Å². The molecule has 0 unspecified atom stereocenters. The number of hydrogen-bond acceptors (Lipinski definition) is 7. The maximum atomic E-state index is 15.1. The van der Waals surface area contributed by atoms with Crippen LogP contribution in [0.4, 0.5) is 15.9 Å². The molecule has 0 saturated carbocycles. The van der Waals surface area contributed by atoms with Crippen LogP contribution in [0.2, 0.25) is 0 Å². The van der Waals surface area contributed by atoms with E-state index in [0.717, 1.165) is 78.2 Å². The molecule has 9 nitrogen and oxygen atoms in total. The molecule has 2 aliphatic heterocycles. The third-order valence-corrected chi connectivity index (χ3v) is 9.25. The molecular weight excluding hydrogens is 595 g/mol. The third kappa shape index (κ3) is 7.03. The number of nitrogens with zero attached hydrogens (tertiary/aromatic N) is 4. The maximum Gasteiger partial charge on any atom is 0.268 e. The van der Waals surface area contributed by atoms with Crippen molar-refractivity contribution in [2.75, 3.05) is 55.7 Å². The van der Waals surface area contributed by atoms with Crippen LogP contribution in [0.25, 0.3) is 11.1 Å². The van der Waals surface area contributed by atoms with Gasteiger partial charge in [0.05, 0.1) is 12.2 Å². The average molecular weight is 639 g/mol. The fourth-order valence-electron chi connectivity index (χ4n) is 6.50. The Balaban J connectivity index is 1.55. The van der Waals surface area contributed by atoms with Gasteiger partial charge in [0.15, 0.2) is 0 Å². The molecule has 2 saturated heterocycles. The van der Waals surface area contributed by atoms with Gasteiger partial charge in [-0.2, -0.15) is 0 Å². The van der Waals surface area contributed by atoms with Gasteiger partial charge >= 0.3 is 0 Å². The Morgan fingerprint density at radius 3 is 2.49 bits per heavy atom. The van der Waals surface area contributed by atoms with E-state index in [0.29, 0.717) is 18.8 Å². The molecule has 3 aromatic rings. The summed E-state index contributed by atoms with van der Waals surface area (Å²) >= 11 is 6.69. The number of halogens is 2. The van der Waals surface area contributed by atoms with Crippen molar-refractivity contribution in [3.05, 3.63) is 74.6 Å². The highest BCUT2D eigenvalue weighted by atomic mass is 35.5. The van der Waals surface area contributed by atoms with E-state index in [4.69, 9.17) is 21.5 Å². The monoisotopic (exact) mass is 638 g/mol. The molecule has 2 fully saturated rings. The first-order valence-corrected chi connectivity index (χ1v) is 16.2. The number of aromatic amines is 1. The van der Waals surface area contributed by atoms with Crippen molar-refractivity contribution in [3.8, 4) is 11.1 Å². The number of nitrogens with one attached hydrogen (secondary N) is 2. The summed E-state index contributed by atoms with van der Waals surface area (Å²) in [6.45, 7) is 14.7.